The van der Waals surface area contributed by atoms with Crippen molar-refractivity contribution >= 4 is 17.7 Å². The number of amides is 1. The molecular formula is C23H22N4O2. The van der Waals surface area contributed by atoms with Gasteiger partial charge in [-0.05, 0) is 63.2 Å². The van der Waals surface area contributed by atoms with Gasteiger partial charge >= 0.3 is 0 Å². The van der Waals surface area contributed by atoms with Gasteiger partial charge in [0, 0.05) is 16.9 Å². The number of para-hydroxylation sites is 1. The molecule has 0 atom stereocenters. The fourth-order valence-electron chi connectivity index (χ4n) is 2.98. The molecule has 1 N–H and O–H groups in total. The molecule has 1 aromatic heterocycles. The Hall–Kier alpha value is -3.85. The highest BCUT2D eigenvalue weighted by Crippen LogP contribution is 2.21. The van der Waals surface area contributed by atoms with Gasteiger partial charge in [-0.15, -0.1) is 0 Å². The summed E-state index contributed by atoms with van der Waals surface area (Å²) in [5.74, 6) is 0.254. The van der Waals surface area contributed by atoms with Crippen LogP contribution in [0.4, 0.5) is 5.69 Å². The molecular weight excluding hydrogens is 364 g/mol. The minimum Gasteiger partial charge on any atom is -0.494 e. The summed E-state index contributed by atoms with van der Waals surface area (Å²) < 4.78 is 7.20. The molecule has 0 saturated heterocycles. The lowest BCUT2D eigenvalue weighted by Gasteiger charge is -2.07. The number of carbonyl (C=O) groups excluding carboxylic acids is 1. The highest BCUT2D eigenvalue weighted by molar-refractivity contribution is 6.09. The number of ether oxygens (including phenoxy) is 1. The fourth-order valence-corrected chi connectivity index (χ4v) is 2.98. The molecule has 1 heterocycles. The van der Waals surface area contributed by atoms with Crippen molar-refractivity contribution < 1.29 is 9.53 Å². The van der Waals surface area contributed by atoms with Crippen molar-refractivity contribution in [3.63, 3.8) is 0 Å². The summed E-state index contributed by atoms with van der Waals surface area (Å²) in [6, 6.07) is 18.7. The highest BCUT2D eigenvalue weighted by atomic mass is 16.5. The van der Waals surface area contributed by atoms with E-state index in [0.29, 0.717) is 12.3 Å². The van der Waals surface area contributed by atoms with Gasteiger partial charge in [-0.25, -0.2) is 4.68 Å². The van der Waals surface area contributed by atoms with Crippen molar-refractivity contribution in [2.24, 2.45) is 0 Å². The SMILES string of the molecule is CCOc1ccc(NC(=O)/C(C#N)=C/c2c(C)nn(-c3ccccc3)c2C)cc1. The first kappa shape index (κ1) is 19.9. The fraction of sp³-hybridized carbons (Fsp3) is 0.174. The second-order valence-corrected chi connectivity index (χ2v) is 6.41. The van der Waals surface area contributed by atoms with Crippen LogP contribution in [0, 0.1) is 25.2 Å². The van der Waals surface area contributed by atoms with Crippen LogP contribution >= 0.6 is 0 Å². The average molecular weight is 386 g/mol. The van der Waals surface area contributed by atoms with Crippen LogP contribution in [0.5, 0.6) is 5.75 Å². The van der Waals surface area contributed by atoms with E-state index in [1.54, 1.807) is 35.0 Å². The molecule has 0 spiro atoms. The topological polar surface area (TPSA) is 79.9 Å². The van der Waals surface area contributed by atoms with Gasteiger partial charge in [-0.1, -0.05) is 18.2 Å². The van der Waals surface area contributed by atoms with Crippen LogP contribution in [-0.2, 0) is 4.79 Å². The van der Waals surface area contributed by atoms with Gasteiger partial charge in [0.1, 0.15) is 17.4 Å². The lowest BCUT2D eigenvalue weighted by molar-refractivity contribution is -0.112. The van der Waals surface area contributed by atoms with Gasteiger partial charge in [0.15, 0.2) is 0 Å². The smallest absolute Gasteiger partial charge is 0.266 e. The lowest BCUT2D eigenvalue weighted by atomic mass is 10.1. The summed E-state index contributed by atoms with van der Waals surface area (Å²) in [6.45, 7) is 6.25. The Morgan fingerprint density at radius 3 is 2.48 bits per heavy atom. The van der Waals surface area contributed by atoms with E-state index in [9.17, 15) is 10.1 Å². The van der Waals surface area contributed by atoms with Crippen molar-refractivity contribution in [2.75, 3.05) is 11.9 Å². The number of hydrogen-bond acceptors (Lipinski definition) is 4. The molecule has 29 heavy (non-hydrogen) atoms. The third-order valence-electron chi connectivity index (χ3n) is 4.42. The molecule has 0 fully saturated rings. The molecule has 146 valence electrons. The Kier molecular flexibility index (Phi) is 6.10. The van der Waals surface area contributed by atoms with Crippen molar-refractivity contribution in [2.45, 2.75) is 20.8 Å². The third kappa shape index (κ3) is 4.53. The summed E-state index contributed by atoms with van der Waals surface area (Å²) in [5.41, 5.74) is 3.88. The molecule has 3 rings (SSSR count). The Morgan fingerprint density at radius 2 is 1.86 bits per heavy atom. The zero-order chi connectivity index (χ0) is 20.8. The first-order chi connectivity index (χ1) is 14.0. The van der Waals surface area contributed by atoms with E-state index in [4.69, 9.17) is 4.74 Å². The van der Waals surface area contributed by atoms with Crippen LogP contribution < -0.4 is 10.1 Å². The predicted octanol–water partition coefficient (Wildman–Crippen LogP) is 4.43. The molecule has 0 aliphatic carbocycles. The van der Waals surface area contributed by atoms with Crippen LogP contribution in [0.1, 0.15) is 23.9 Å². The average Bonchev–Trinajstić information content (AvgIpc) is 3.02. The molecule has 0 radical (unpaired) electrons. The summed E-state index contributed by atoms with van der Waals surface area (Å²) >= 11 is 0. The Morgan fingerprint density at radius 1 is 1.17 bits per heavy atom. The number of nitrogens with one attached hydrogen (secondary N) is 1. The molecule has 3 aromatic rings. The van der Waals surface area contributed by atoms with Crippen molar-refractivity contribution in [1.82, 2.24) is 9.78 Å². The second-order valence-electron chi connectivity index (χ2n) is 6.41. The summed E-state index contributed by atoms with van der Waals surface area (Å²) in [7, 11) is 0. The number of aryl methyl sites for hydroxylation is 1. The molecule has 0 aliphatic heterocycles. The summed E-state index contributed by atoms with van der Waals surface area (Å²) in [4.78, 5) is 12.6. The number of nitrogens with zero attached hydrogens (tertiary/aromatic N) is 3. The van der Waals surface area contributed by atoms with Crippen LogP contribution in [0.3, 0.4) is 0 Å². The maximum atomic E-state index is 12.6. The van der Waals surface area contributed by atoms with Crippen LogP contribution in [0.15, 0.2) is 60.2 Å². The van der Waals surface area contributed by atoms with Crippen molar-refractivity contribution in [3.05, 3.63) is 77.1 Å². The number of carbonyl (C=O) groups is 1. The number of rotatable bonds is 6. The molecule has 0 aliphatic rings. The van der Waals surface area contributed by atoms with Gasteiger partial charge < -0.3 is 10.1 Å². The zero-order valence-electron chi connectivity index (χ0n) is 16.6. The van der Waals surface area contributed by atoms with Gasteiger partial charge in [-0.3, -0.25) is 4.79 Å². The lowest BCUT2D eigenvalue weighted by Crippen LogP contribution is -2.13. The highest BCUT2D eigenvalue weighted by Gasteiger charge is 2.15. The number of hydrogen-bond donors (Lipinski definition) is 1. The largest absolute Gasteiger partial charge is 0.494 e. The third-order valence-corrected chi connectivity index (χ3v) is 4.42. The van der Waals surface area contributed by atoms with Crippen LogP contribution in [0.25, 0.3) is 11.8 Å². The molecule has 6 nitrogen and oxygen atoms in total. The van der Waals surface area contributed by atoms with E-state index in [0.717, 1.165) is 28.4 Å². The van der Waals surface area contributed by atoms with Crippen LogP contribution in [-0.4, -0.2) is 22.3 Å². The first-order valence-corrected chi connectivity index (χ1v) is 9.31. The van der Waals surface area contributed by atoms with Crippen molar-refractivity contribution in [3.8, 4) is 17.5 Å². The molecule has 0 bridgehead atoms. The van der Waals surface area contributed by atoms with Crippen LogP contribution in [0.2, 0.25) is 0 Å². The van der Waals surface area contributed by atoms with E-state index < -0.39 is 5.91 Å². The number of benzene rings is 2. The van der Waals surface area contributed by atoms with Gasteiger partial charge in [-0.2, -0.15) is 10.4 Å². The maximum absolute atomic E-state index is 12.6. The molecule has 2 aromatic carbocycles. The second kappa shape index (κ2) is 8.89. The number of anilines is 1. The predicted molar refractivity (Wildman–Crippen MR) is 113 cm³/mol. The normalized spacial score (nSPS) is 11.0. The quantitative estimate of drug-likeness (QED) is 0.502. The number of nitriles is 1. The van der Waals surface area contributed by atoms with Crippen molar-refractivity contribution in [1.29, 1.82) is 5.26 Å². The van der Waals surface area contributed by atoms with E-state index in [1.807, 2.05) is 57.2 Å². The molecule has 0 saturated carbocycles. The minimum atomic E-state index is -0.470. The van der Waals surface area contributed by atoms with Gasteiger partial charge in [0.05, 0.1) is 18.0 Å². The molecule has 6 heteroatoms. The molecule has 1 amide bonds. The first-order valence-electron chi connectivity index (χ1n) is 9.31. The maximum Gasteiger partial charge on any atom is 0.266 e. The summed E-state index contributed by atoms with van der Waals surface area (Å²) in [6.07, 6.45) is 1.58. The zero-order valence-corrected chi connectivity index (χ0v) is 16.6. The van der Waals surface area contributed by atoms with E-state index in [-0.39, 0.29) is 5.57 Å². The molecule has 0 unspecified atom stereocenters. The van der Waals surface area contributed by atoms with Gasteiger partial charge in [0.25, 0.3) is 5.91 Å². The number of aromatic nitrogens is 2. The van der Waals surface area contributed by atoms with Gasteiger partial charge in [0.2, 0.25) is 0 Å². The Balaban J connectivity index is 1.85. The standard InChI is InChI=1S/C23H22N4O2/c1-4-29-21-12-10-19(11-13-21)25-23(28)18(15-24)14-22-16(2)26-27(17(22)3)20-8-6-5-7-9-20/h5-14H,4H2,1-3H3,(H,25,28)/b18-14+. The minimum absolute atomic E-state index is 0.0118. The Bertz CT molecular complexity index is 1070. The van der Waals surface area contributed by atoms with E-state index in [1.165, 1.54) is 0 Å². The summed E-state index contributed by atoms with van der Waals surface area (Å²) in [5, 5.41) is 16.8. The van der Waals surface area contributed by atoms with E-state index >= 15 is 0 Å². The Labute approximate surface area is 170 Å². The monoisotopic (exact) mass is 386 g/mol. The van der Waals surface area contributed by atoms with E-state index in [2.05, 4.69) is 10.4 Å².